The van der Waals surface area contributed by atoms with Crippen LogP contribution in [0.25, 0.3) is 0 Å². The maximum absolute atomic E-state index is 10.4. The first-order valence-electron chi connectivity index (χ1n) is 5.45. The highest BCUT2D eigenvalue weighted by Gasteiger charge is 2.34. The van der Waals surface area contributed by atoms with Gasteiger partial charge in [-0.2, -0.15) is 0 Å². The lowest BCUT2D eigenvalue weighted by atomic mass is 10.1. The van der Waals surface area contributed by atoms with E-state index in [9.17, 15) is 4.79 Å². The van der Waals surface area contributed by atoms with Gasteiger partial charge in [0.05, 0.1) is 12.7 Å². The first-order chi connectivity index (χ1) is 7.25. The van der Waals surface area contributed by atoms with E-state index in [2.05, 4.69) is 5.32 Å². The van der Waals surface area contributed by atoms with Crippen LogP contribution in [0.5, 0.6) is 0 Å². The molecule has 0 aromatic rings. The van der Waals surface area contributed by atoms with E-state index in [-0.39, 0.29) is 18.8 Å². The van der Waals surface area contributed by atoms with Gasteiger partial charge in [-0.3, -0.25) is 4.79 Å². The molecule has 0 spiro atoms. The van der Waals surface area contributed by atoms with Gasteiger partial charge >= 0.3 is 5.97 Å². The van der Waals surface area contributed by atoms with Crippen LogP contribution in [0, 0.1) is 5.92 Å². The van der Waals surface area contributed by atoms with Crippen molar-refractivity contribution in [3.05, 3.63) is 0 Å². The summed E-state index contributed by atoms with van der Waals surface area (Å²) >= 11 is 0. The summed E-state index contributed by atoms with van der Waals surface area (Å²) in [4.78, 5) is 10.4. The molecule has 2 aliphatic rings. The van der Waals surface area contributed by atoms with Gasteiger partial charge in [-0.05, 0) is 19.4 Å². The molecule has 0 aromatic heterocycles. The second-order valence-electron chi connectivity index (χ2n) is 4.15. The van der Waals surface area contributed by atoms with Gasteiger partial charge in [-0.25, -0.2) is 0 Å². The van der Waals surface area contributed by atoms with Crippen molar-refractivity contribution in [1.29, 1.82) is 0 Å². The van der Waals surface area contributed by atoms with Crippen LogP contribution in [0.4, 0.5) is 0 Å². The van der Waals surface area contributed by atoms with Crippen molar-refractivity contribution in [2.24, 2.45) is 5.92 Å². The van der Waals surface area contributed by atoms with Crippen LogP contribution >= 0.6 is 0 Å². The number of hydrogen-bond donors (Lipinski definition) is 2. The van der Waals surface area contributed by atoms with Gasteiger partial charge in [0.2, 0.25) is 0 Å². The molecule has 5 nitrogen and oxygen atoms in total. The topological polar surface area (TPSA) is 67.8 Å². The van der Waals surface area contributed by atoms with Crippen LogP contribution in [-0.2, 0) is 14.3 Å². The van der Waals surface area contributed by atoms with Crippen LogP contribution in [0.3, 0.4) is 0 Å². The maximum atomic E-state index is 10.4. The van der Waals surface area contributed by atoms with Gasteiger partial charge < -0.3 is 19.9 Å². The van der Waals surface area contributed by atoms with Crippen molar-refractivity contribution < 1.29 is 19.4 Å². The molecule has 0 amide bonds. The molecule has 0 aliphatic carbocycles. The zero-order valence-electron chi connectivity index (χ0n) is 8.65. The molecule has 2 rings (SSSR count). The zero-order chi connectivity index (χ0) is 10.7. The number of ether oxygens (including phenoxy) is 2. The Morgan fingerprint density at radius 1 is 1.53 bits per heavy atom. The third-order valence-corrected chi connectivity index (χ3v) is 2.94. The number of hydrogen-bond acceptors (Lipinski definition) is 4. The van der Waals surface area contributed by atoms with Gasteiger partial charge in [-0.15, -0.1) is 0 Å². The molecule has 2 N–H and O–H groups in total. The number of nitrogens with one attached hydrogen (secondary N) is 1. The molecule has 2 heterocycles. The van der Waals surface area contributed by atoms with Crippen molar-refractivity contribution in [1.82, 2.24) is 5.32 Å². The number of carbonyl (C=O) groups is 1. The molecule has 2 aliphatic heterocycles. The fourth-order valence-electron chi connectivity index (χ4n) is 2.06. The molecule has 86 valence electrons. The number of rotatable bonds is 4. The minimum atomic E-state index is -0.774. The van der Waals surface area contributed by atoms with Crippen molar-refractivity contribution in [2.75, 3.05) is 19.7 Å². The standard InChI is InChI=1S/C10H17NO4/c12-9(13)2-1-8-6-14-10(15-8)7-3-4-11-5-7/h7-8,10-11H,1-6H2,(H,12,13). The fourth-order valence-corrected chi connectivity index (χ4v) is 2.06. The Kier molecular flexibility index (Phi) is 3.56. The van der Waals surface area contributed by atoms with Gasteiger partial charge in [0.15, 0.2) is 6.29 Å². The van der Waals surface area contributed by atoms with E-state index in [0.29, 0.717) is 18.9 Å². The molecule has 0 radical (unpaired) electrons. The lowest BCUT2D eigenvalue weighted by Crippen LogP contribution is -2.24. The maximum Gasteiger partial charge on any atom is 0.303 e. The average Bonchev–Trinajstić information content (AvgIpc) is 2.85. The van der Waals surface area contributed by atoms with Crippen LogP contribution in [-0.4, -0.2) is 43.2 Å². The molecule has 3 unspecified atom stereocenters. The van der Waals surface area contributed by atoms with Crippen molar-refractivity contribution in [3.8, 4) is 0 Å². The van der Waals surface area contributed by atoms with E-state index < -0.39 is 5.97 Å². The van der Waals surface area contributed by atoms with E-state index in [4.69, 9.17) is 14.6 Å². The largest absolute Gasteiger partial charge is 0.481 e. The van der Waals surface area contributed by atoms with Crippen molar-refractivity contribution >= 4 is 5.97 Å². The van der Waals surface area contributed by atoms with Crippen LogP contribution in [0.15, 0.2) is 0 Å². The molecule has 2 fully saturated rings. The molecule has 15 heavy (non-hydrogen) atoms. The lowest BCUT2D eigenvalue weighted by Gasteiger charge is -2.16. The van der Waals surface area contributed by atoms with Crippen LogP contribution < -0.4 is 5.32 Å². The zero-order valence-corrected chi connectivity index (χ0v) is 8.65. The van der Waals surface area contributed by atoms with E-state index >= 15 is 0 Å². The summed E-state index contributed by atoms with van der Waals surface area (Å²) in [6.07, 6.45) is 1.62. The molecule has 3 atom stereocenters. The highest BCUT2D eigenvalue weighted by Crippen LogP contribution is 2.25. The van der Waals surface area contributed by atoms with E-state index in [1.54, 1.807) is 0 Å². The summed E-state index contributed by atoms with van der Waals surface area (Å²) < 4.78 is 11.2. The summed E-state index contributed by atoms with van der Waals surface area (Å²) in [5.74, 6) is -0.343. The summed E-state index contributed by atoms with van der Waals surface area (Å²) in [7, 11) is 0. The second-order valence-corrected chi connectivity index (χ2v) is 4.15. The van der Waals surface area contributed by atoms with Crippen LogP contribution in [0.1, 0.15) is 19.3 Å². The summed E-state index contributed by atoms with van der Waals surface area (Å²) in [5, 5.41) is 11.8. The average molecular weight is 215 g/mol. The number of carboxylic acids is 1. The number of aliphatic carboxylic acids is 1. The normalized spacial score (nSPS) is 35.9. The molecular formula is C10H17NO4. The van der Waals surface area contributed by atoms with Gasteiger partial charge in [0, 0.05) is 18.9 Å². The Morgan fingerprint density at radius 2 is 2.40 bits per heavy atom. The van der Waals surface area contributed by atoms with Crippen molar-refractivity contribution in [2.45, 2.75) is 31.7 Å². The Balaban J connectivity index is 1.71. The van der Waals surface area contributed by atoms with Gasteiger partial charge in [0.1, 0.15) is 0 Å². The SMILES string of the molecule is O=C(O)CCC1COC(C2CCNC2)O1. The quantitative estimate of drug-likeness (QED) is 0.701. The Bertz CT molecular complexity index is 227. The predicted octanol–water partition coefficient (Wildman–Crippen LogP) is 0.202. The number of carboxylic acid groups (broad SMARTS) is 1. The second kappa shape index (κ2) is 4.92. The predicted molar refractivity (Wildman–Crippen MR) is 52.5 cm³/mol. The van der Waals surface area contributed by atoms with E-state index in [1.807, 2.05) is 0 Å². The smallest absolute Gasteiger partial charge is 0.303 e. The molecule has 2 saturated heterocycles. The summed E-state index contributed by atoms with van der Waals surface area (Å²) in [6, 6.07) is 0. The first kappa shape index (κ1) is 10.9. The molecule has 0 saturated carbocycles. The Labute approximate surface area is 88.7 Å². The molecule has 0 bridgehead atoms. The minimum absolute atomic E-state index is 0.0355. The van der Waals surface area contributed by atoms with Gasteiger partial charge in [-0.1, -0.05) is 0 Å². The minimum Gasteiger partial charge on any atom is -0.481 e. The molecule has 5 heteroatoms. The van der Waals surface area contributed by atoms with Gasteiger partial charge in [0.25, 0.3) is 0 Å². The third kappa shape index (κ3) is 2.90. The van der Waals surface area contributed by atoms with Crippen LogP contribution in [0.2, 0.25) is 0 Å². The van der Waals surface area contributed by atoms with E-state index in [0.717, 1.165) is 19.5 Å². The molecule has 0 aromatic carbocycles. The third-order valence-electron chi connectivity index (χ3n) is 2.94. The Hall–Kier alpha value is -0.650. The summed E-state index contributed by atoms with van der Waals surface area (Å²) in [5.41, 5.74) is 0. The van der Waals surface area contributed by atoms with Crippen molar-refractivity contribution in [3.63, 3.8) is 0 Å². The first-order valence-corrected chi connectivity index (χ1v) is 5.45. The summed E-state index contributed by atoms with van der Waals surface area (Å²) in [6.45, 7) is 2.50. The fraction of sp³-hybridized carbons (Fsp3) is 0.900. The van der Waals surface area contributed by atoms with E-state index in [1.165, 1.54) is 0 Å². The lowest BCUT2D eigenvalue weighted by molar-refractivity contribution is -0.138. The monoisotopic (exact) mass is 215 g/mol. The molecular weight excluding hydrogens is 198 g/mol. The highest BCUT2D eigenvalue weighted by molar-refractivity contribution is 5.66. The highest BCUT2D eigenvalue weighted by atomic mass is 16.7. The Morgan fingerprint density at radius 3 is 3.07 bits per heavy atom.